The molecular formula is C27H37N3O5S. The van der Waals surface area contributed by atoms with Crippen molar-refractivity contribution in [3.63, 3.8) is 0 Å². The predicted octanol–water partition coefficient (Wildman–Crippen LogP) is 4.78. The van der Waals surface area contributed by atoms with Gasteiger partial charge in [0.1, 0.15) is 5.60 Å². The van der Waals surface area contributed by atoms with E-state index in [0.717, 1.165) is 29.1 Å². The van der Waals surface area contributed by atoms with Crippen molar-refractivity contribution in [1.82, 2.24) is 14.3 Å². The van der Waals surface area contributed by atoms with Gasteiger partial charge in [-0.3, -0.25) is 9.20 Å². The molecule has 0 fully saturated rings. The second-order valence-corrected chi connectivity index (χ2v) is 13.1. The van der Waals surface area contributed by atoms with Crippen LogP contribution >= 0.6 is 11.3 Å². The Morgan fingerprint density at radius 2 is 1.86 bits per heavy atom. The van der Waals surface area contributed by atoms with Gasteiger partial charge in [-0.05, 0) is 57.9 Å². The van der Waals surface area contributed by atoms with E-state index in [1.807, 2.05) is 6.08 Å². The largest absolute Gasteiger partial charge is 0.461 e. The molecule has 0 radical (unpaired) electrons. The van der Waals surface area contributed by atoms with Gasteiger partial charge in [-0.2, -0.15) is 0 Å². The lowest BCUT2D eigenvalue weighted by Crippen LogP contribution is -2.42. The zero-order valence-electron chi connectivity index (χ0n) is 22.6. The molecule has 8 nitrogen and oxygen atoms in total. The van der Waals surface area contributed by atoms with E-state index in [2.05, 4.69) is 32.1 Å². The molecule has 4 rings (SSSR count). The van der Waals surface area contributed by atoms with Gasteiger partial charge in [0.05, 0.1) is 12.3 Å². The molecule has 0 aromatic carbocycles. The number of hydrogen-bond donors (Lipinski definition) is 0. The lowest BCUT2D eigenvalue weighted by Gasteiger charge is -2.40. The summed E-state index contributed by atoms with van der Waals surface area (Å²) in [5.74, 6) is -1.95. The normalized spacial score (nSPS) is 19.0. The number of carbonyl (C=O) groups excluding carboxylic acids is 3. The Labute approximate surface area is 216 Å². The highest BCUT2D eigenvalue weighted by atomic mass is 32.1. The van der Waals surface area contributed by atoms with Gasteiger partial charge in [-0.15, -0.1) is 11.3 Å². The van der Waals surface area contributed by atoms with E-state index < -0.39 is 23.4 Å². The molecule has 0 saturated heterocycles. The van der Waals surface area contributed by atoms with Gasteiger partial charge in [0, 0.05) is 29.1 Å². The molecule has 2 aliphatic rings. The number of imidazole rings is 1. The van der Waals surface area contributed by atoms with Gasteiger partial charge in [-0.1, -0.05) is 33.8 Å². The van der Waals surface area contributed by atoms with Crippen molar-refractivity contribution in [3.8, 4) is 0 Å². The zero-order chi connectivity index (χ0) is 26.6. The third-order valence-corrected chi connectivity index (χ3v) is 8.04. The Morgan fingerprint density at radius 1 is 1.17 bits per heavy atom. The van der Waals surface area contributed by atoms with Crippen LogP contribution in [0.2, 0.25) is 0 Å². The summed E-state index contributed by atoms with van der Waals surface area (Å²) < 4.78 is 12.8. The Balaban J connectivity index is 1.76. The maximum absolute atomic E-state index is 12.9. The van der Waals surface area contributed by atoms with Crippen LogP contribution in [0.5, 0.6) is 0 Å². The van der Waals surface area contributed by atoms with E-state index in [4.69, 9.17) is 14.5 Å². The maximum Gasteiger partial charge on any atom is 0.397 e. The molecule has 3 heterocycles. The van der Waals surface area contributed by atoms with Crippen LogP contribution < -0.4 is 0 Å². The van der Waals surface area contributed by atoms with Crippen LogP contribution in [0.25, 0.3) is 10.5 Å². The Hall–Kier alpha value is -2.68. The molecule has 0 saturated carbocycles. The minimum atomic E-state index is -0.852. The second-order valence-electron chi connectivity index (χ2n) is 12.2. The molecule has 0 N–H and O–H groups in total. The molecule has 196 valence electrons. The average molecular weight is 516 g/mol. The molecule has 0 spiro atoms. The Kier molecular flexibility index (Phi) is 6.60. The van der Waals surface area contributed by atoms with Gasteiger partial charge in [0.2, 0.25) is 0 Å². The van der Waals surface area contributed by atoms with E-state index in [1.54, 1.807) is 39.0 Å². The first-order valence-electron chi connectivity index (χ1n) is 12.6. The fourth-order valence-corrected chi connectivity index (χ4v) is 6.85. The first-order valence-corrected chi connectivity index (χ1v) is 13.4. The van der Waals surface area contributed by atoms with Gasteiger partial charge in [0.15, 0.2) is 10.7 Å². The summed E-state index contributed by atoms with van der Waals surface area (Å²) in [7, 11) is 0. The molecule has 1 aliphatic carbocycles. The summed E-state index contributed by atoms with van der Waals surface area (Å²) in [6, 6.07) is 0. The highest BCUT2D eigenvalue weighted by molar-refractivity contribution is 7.17. The fraction of sp³-hybridized carbons (Fsp3) is 0.630. The van der Waals surface area contributed by atoms with Crippen molar-refractivity contribution >= 4 is 39.7 Å². The summed E-state index contributed by atoms with van der Waals surface area (Å²) in [6.07, 6.45) is 4.36. The van der Waals surface area contributed by atoms with Crippen molar-refractivity contribution in [3.05, 3.63) is 28.0 Å². The highest BCUT2D eigenvalue weighted by Gasteiger charge is 2.42. The van der Waals surface area contributed by atoms with Crippen molar-refractivity contribution in [2.45, 2.75) is 85.7 Å². The number of aromatic nitrogens is 2. The van der Waals surface area contributed by atoms with Crippen LogP contribution in [0.15, 0.2) is 6.08 Å². The van der Waals surface area contributed by atoms with Gasteiger partial charge in [-0.25, -0.2) is 14.6 Å². The van der Waals surface area contributed by atoms with Crippen molar-refractivity contribution in [2.24, 2.45) is 5.41 Å². The minimum Gasteiger partial charge on any atom is -0.461 e. The zero-order valence-corrected chi connectivity index (χ0v) is 23.4. The van der Waals surface area contributed by atoms with Crippen molar-refractivity contribution < 1.29 is 23.9 Å². The van der Waals surface area contributed by atoms with Gasteiger partial charge >= 0.3 is 17.8 Å². The number of nitrogens with zero attached hydrogens (tertiary/aromatic N) is 3. The smallest absolute Gasteiger partial charge is 0.397 e. The van der Waals surface area contributed by atoms with E-state index in [9.17, 15) is 14.4 Å². The quantitative estimate of drug-likeness (QED) is 0.432. The summed E-state index contributed by atoms with van der Waals surface area (Å²) in [4.78, 5) is 46.2. The van der Waals surface area contributed by atoms with E-state index >= 15 is 0 Å². The molecule has 0 unspecified atom stereocenters. The topological polar surface area (TPSA) is 90.2 Å². The number of fused-ring (bicyclic) bond motifs is 3. The highest BCUT2D eigenvalue weighted by Crippen LogP contribution is 2.49. The summed E-state index contributed by atoms with van der Waals surface area (Å²) >= 11 is 1.65. The van der Waals surface area contributed by atoms with Crippen LogP contribution in [0.3, 0.4) is 0 Å². The third-order valence-electron chi connectivity index (χ3n) is 6.60. The Bertz CT molecular complexity index is 1260. The van der Waals surface area contributed by atoms with Crippen molar-refractivity contribution in [1.29, 1.82) is 0 Å². The molecular weight excluding hydrogens is 478 g/mol. The molecule has 0 atom stereocenters. The van der Waals surface area contributed by atoms with Crippen LogP contribution in [-0.4, -0.2) is 57.4 Å². The van der Waals surface area contributed by atoms with Crippen LogP contribution in [0, 0.1) is 5.41 Å². The van der Waals surface area contributed by atoms with Gasteiger partial charge < -0.3 is 14.4 Å². The number of rotatable bonds is 3. The average Bonchev–Trinajstić information content (AvgIpc) is 3.28. The van der Waals surface area contributed by atoms with Crippen molar-refractivity contribution in [2.75, 3.05) is 19.7 Å². The third kappa shape index (κ3) is 4.94. The second kappa shape index (κ2) is 9.01. The van der Waals surface area contributed by atoms with E-state index in [0.29, 0.717) is 18.7 Å². The maximum atomic E-state index is 12.9. The number of ether oxygens (including phenoxy) is 2. The first-order chi connectivity index (χ1) is 16.6. The molecule has 2 aromatic rings. The van der Waals surface area contributed by atoms with Crippen LogP contribution in [0.1, 0.15) is 95.0 Å². The predicted molar refractivity (Wildman–Crippen MR) is 139 cm³/mol. The standard InChI is InChI=1S/C27H37N3O5S/c1-9-34-22(32)18-19(16-10-12-29(13-11-16)21(31)23(33)35-25(2,3)4)30-17-14-26(5,6)15-27(7,8)20(17)36-24(30)28-18/h10H,9,11-15H2,1-8H3. The molecule has 0 bridgehead atoms. The SMILES string of the molecule is CCOC(=O)c1nc2sc3c(n2c1C1=CCN(C(=O)C(=O)OC(C)(C)C)CC1)CC(C)(C)CC3(C)C. The first kappa shape index (κ1) is 26.4. The minimum absolute atomic E-state index is 0.00138. The summed E-state index contributed by atoms with van der Waals surface area (Å²) in [5.41, 5.74) is 2.56. The molecule has 1 amide bonds. The lowest BCUT2D eigenvalue weighted by atomic mass is 9.67. The number of carbonyl (C=O) groups is 3. The number of thiazole rings is 1. The van der Waals surface area contributed by atoms with E-state index in [1.165, 1.54) is 15.5 Å². The monoisotopic (exact) mass is 515 g/mol. The van der Waals surface area contributed by atoms with E-state index in [-0.39, 0.29) is 24.0 Å². The van der Waals surface area contributed by atoms with Crippen LogP contribution in [-0.2, 0) is 30.9 Å². The number of esters is 2. The number of hydrogen-bond acceptors (Lipinski definition) is 7. The summed E-state index contributed by atoms with van der Waals surface area (Å²) in [5, 5.41) is 0. The fourth-order valence-electron chi connectivity index (χ4n) is 5.61. The number of amides is 1. The molecule has 1 aliphatic heterocycles. The van der Waals surface area contributed by atoms with Gasteiger partial charge in [0.25, 0.3) is 0 Å². The Morgan fingerprint density at radius 3 is 2.44 bits per heavy atom. The molecule has 36 heavy (non-hydrogen) atoms. The van der Waals surface area contributed by atoms with Crippen LogP contribution in [0.4, 0.5) is 0 Å². The summed E-state index contributed by atoms with van der Waals surface area (Å²) in [6.45, 7) is 17.0. The molecule has 9 heteroatoms. The lowest BCUT2D eigenvalue weighted by molar-refractivity contribution is -0.167. The molecule has 2 aromatic heterocycles.